The van der Waals surface area contributed by atoms with Gasteiger partial charge in [-0.1, -0.05) is 17.2 Å². The number of hydrogen-bond donors (Lipinski definition) is 2. The third kappa shape index (κ3) is 5.88. The molecule has 2 N–H and O–H groups in total. The highest BCUT2D eigenvalue weighted by molar-refractivity contribution is 6.31. The average Bonchev–Trinajstić information content (AvgIpc) is 3.27. The van der Waals surface area contributed by atoms with E-state index in [4.69, 9.17) is 21.6 Å². The van der Waals surface area contributed by atoms with Gasteiger partial charge in [-0.15, -0.1) is 5.10 Å². The maximum atomic E-state index is 12.7. The predicted molar refractivity (Wildman–Crippen MR) is 139 cm³/mol. The van der Waals surface area contributed by atoms with Gasteiger partial charge in [-0.3, -0.25) is 4.79 Å². The molecule has 1 aromatic carbocycles. The molecule has 1 aromatic heterocycles. The lowest BCUT2D eigenvalue weighted by Crippen LogP contribution is -2.40. The van der Waals surface area contributed by atoms with Gasteiger partial charge < -0.3 is 15.4 Å². The molecule has 188 valence electrons. The molecular weight excluding hydrogens is 474 g/mol. The van der Waals surface area contributed by atoms with E-state index in [-0.39, 0.29) is 18.1 Å². The minimum atomic E-state index is -0.181. The molecule has 0 atom stereocenters. The highest BCUT2D eigenvalue weighted by atomic mass is 35.5. The van der Waals surface area contributed by atoms with Crippen LogP contribution in [0.25, 0.3) is 6.08 Å². The van der Waals surface area contributed by atoms with Crippen LogP contribution in [-0.4, -0.2) is 41.3 Å². The van der Waals surface area contributed by atoms with E-state index in [0.717, 1.165) is 57.3 Å². The maximum Gasteiger partial charge on any atom is 0.272 e. The van der Waals surface area contributed by atoms with Crippen LogP contribution in [0.5, 0.6) is 5.75 Å². The number of piperidine rings is 1. The molecule has 3 fully saturated rings. The fourth-order valence-corrected chi connectivity index (χ4v) is 5.99. The van der Waals surface area contributed by atoms with Crippen LogP contribution in [0.3, 0.4) is 0 Å². The van der Waals surface area contributed by atoms with E-state index in [1.165, 1.54) is 24.8 Å². The number of aromatic nitrogens is 2. The number of rotatable bonds is 5. The molecule has 3 aliphatic rings. The second-order valence-corrected chi connectivity index (χ2v) is 10.8. The first-order chi connectivity index (χ1) is 17.5. The van der Waals surface area contributed by atoms with Crippen molar-refractivity contribution in [2.24, 2.45) is 5.41 Å². The van der Waals surface area contributed by atoms with Crippen molar-refractivity contribution in [2.45, 2.75) is 69.9 Å². The molecule has 1 amide bonds. The Hall–Kier alpha value is -2.95. The number of nitrogens with one attached hydrogen (secondary N) is 2. The van der Waals surface area contributed by atoms with Crippen LogP contribution in [0.4, 0.5) is 0 Å². The lowest BCUT2D eigenvalue weighted by atomic mass is 9.77. The standard InChI is InChI=1S/C28H32ClN5O2/c29-25-16-24(5-1-20(25)18-30)36-23-6-2-21(3-7-23)32-27(35)26-8-4-22(33-34-26)15-19-9-10-28(17-19)11-13-31-14-12-28/h1,4-5,8,15-16,21,23,31H,2-3,6-7,9-14,17H2,(H,32,35)/b19-15-. The van der Waals surface area contributed by atoms with Gasteiger partial charge >= 0.3 is 0 Å². The molecule has 2 saturated carbocycles. The average molecular weight is 506 g/mol. The fourth-order valence-electron chi connectivity index (χ4n) is 5.78. The zero-order chi connectivity index (χ0) is 25.0. The second kappa shape index (κ2) is 11.0. The summed E-state index contributed by atoms with van der Waals surface area (Å²) in [5.41, 5.74) is 3.54. The minimum absolute atomic E-state index is 0.0638. The molecule has 8 heteroatoms. The molecule has 36 heavy (non-hydrogen) atoms. The lowest BCUT2D eigenvalue weighted by Gasteiger charge is -2.33. The van der Waals surface area contributed by atoms with Crippen LogP contribution in [0.2, 0.25) is 5.02 Å². The minimum Gasteiger partial charge on any atom is -0.490 e. The Balaban J connectivity index is 1.09. The fraction of sp³-hybridized carbons (Fsp3) is 0.500. The van der Waals surface area contributed by atoms with Gasteiger partial charge in [-0.05, 0) is 107 Å². The number of carbonyl (C=O) groups excluding carboxylic acids is 1. The molecule has 5 rings (SSSR count). The number of nitrogens with zero attached hydrogens (tertiary/aromatic N) is 3. The van der Waals surface area contributed by atoms with Gasteiger partial charge in [0.2, 0.25) is 0 Å². The second-order valence-electron chi connectivity index (χ2n) is 10.4. The van der Waals surface area contributed by atoms with Crippen molar-refractivity contribution >= 4 is 23.6 Å². The van der Waals surface area contributed by atoms with E-state index in [9.17, 15) is 4.79 Å². The van der Waals surface area contributed by atoms with Gasteiger partial charge in [-0.25, -0.2) is 0 Å². The van der Waals surface area contributed by atoms with Crippen molar-refractivity contribution in [2.75, 3.05) is 13.1 Å². The van der Waals surface area contributed by atoms with Crippen LogP contribution in [0.1, 0.15) is 79.5 Å². The summed E-state index contributed by atoms with van der Waals surface area (Å²) in [7, 11) is 0. The largest absolute Gasteiger partial charge is 0.490 e. The first kappa shape index (κ1) is 24.7. The molecule has 0 bridgehead atoms. The summed E-state index contributed by atoms with van der Waals surface area (Å²) in [5.74, 6) is 0.486. The molecule has 1 aliphatic heterocycles. The summed E-state index contributed by atoms with van der Waals surface area (Å²) in [5, 5.41) is 24.5. The summed E-state index contributed by atoms with van der Waals surface area (Å²) < 4.78 is 6.04. The van der Waals surface area contributed by atoms with Gasteiger partial charge in [0.05, 0.1) is 22.4 Å². The summed E-state index contributed by atoms with van der Waals surface area (Å²) >= 11 is 6.10. The third-order valence-electron chi connectivity index (χ3n) is 7.89. The molecule has 2 aromatic rings. The quantitative estimate of drug-likeness (QED) is 0.589. The number of halogens is 1. The number of carbonyl (C=O) groups is 1. The van der Waals surface area contributed by atoms with E-state index in [0.29, 0.717) is 27.4 Å². The van der Waals surface area contributed by atoms with E-state index < -0.39 is 0 Å². The number of hydrogen-bond acceptors (Lipinski definition) is 6. The number of amides is 1. The molecule has 2 aliphatic carbocycles. The zero-order valence-corrected chi connectivity index (χ0v) is 21.2. The van der Waals surface area contributed by atoms with Crippen molar-refractivity contribution in [1.29, 1.82) is 5.26 Å². The number of benzene rings is 1. The normalized spacial score (nSPS) is 24.4. The molecule has 7 nitrogen and oxygen atoms in total. The van der Waals surface area contributed by atoms with Crippen molar-refractivity contribution in [3.63, 3.8) is 0 Å². The number of allylic oxidation sites excluding steroid dienone is 1. The van der Waals surface area contributed by atoms with Crippen LogP contribution in [-0.2, 0) is 0 Å². The zero-order valence-electron chi connectivity index (χ0n) is 20.4. The van der Waals surface area contributed by atoms with Gasteiger partial charge in [0.15, 0.2) is 5.69 Å². The van der Waals surface area contributed by atoms with Gasteiger partial charge in [0.1, 0.15) is 11.8 Å². The first-order valence-corrected chi connectivity index (χ1v) is 13.3. The summed E-state index contributed by atoms with van der Waals surface area (Å²) in [6.45, 7) is 2.25. The smallest absolute Gasteiger partial charge is 0.272 e. The highest BCUT2D eigenvalue weighted by Gasteiger charge is 2.37. The molecule has 1 saturated heterocycles. The topological polar surface area (TPSA) is 99.9 Å². The van der Waals surface area contributed by atoms with Gasteiger partial charge in [0.25, 0.3) is 5.91 Å². The van der Waals surface area contributed by atoms with Crippen LogP contribution < -0.4 is 15.4 Å². The van der Waals surface area contributed by atoms with Crippen molar-refractivity contribution in [3.8, 4) is 11.8 Å². The van der Waals surface area contributed by atoms with Crippen LogP contribution in [0, 0.1) is 16.7 Å². The van der Waals surface area contributed by atoms with E-state index in [2.05, 4.69) is 33.0 Å². The van der Waals surface area contributed by atoms with Gasteiger partial charge in [-0.2, -0.15) is 10.4 Å². The predicted octanol–water partition coefficient (Wildman–Crippen LogP) is 5.06. The van der Waals surface area contributed by atoms with E-state index >= 15 is 0 Å². The number of nitriles is 1. The highest BCUT2D eigenvalue weighted by Crippen LogP contribution is 2.47. The lowest BCUT2D eigenvalue weighted by molar-refractivity contribution is 0.0888. The van der Waals surface area contributed by atoms with Crippen molar-refractivity contribution in [1.82, 2.24) is 20.8 Å². The third-order valence-corrected chi connectivity index (χ3v) is 8.20. The van der Waals surface area contributed by atoms with Crippen molar-refractivity contribution < 1.29 is 9.53 Å². The molecular formula is C28H32ClN5O2. The summed E-state index contributed by atoms with van der Waals surface area (Å²) in [4.78, 5) is 12.7. The number of ether oxygens (including phenoxy) is 1. The Kier molecular flexibility index (Phi) is 7.54. The maximum absolute atomic E-state index is 12.7. The SMILES string of the molecule is N#Cc1ccc(OC2CCC(NC(=O)c3ccc(/C=C4/CCC5(CCNCC5)C4)nn3)CC2)cc1Cl. The van der Waals surface area contributed by atoms with Gasteiger partial charge in [0, 0.05) is 12.1 Å². The molecule has 0 unspecified atom stereocenters. The van der Waals surface area contributed by atoms with Crippen LogP contribution >= 0.6 is 11.6 Å². The van der Waals surface area contributed by atoms with E-state index in [1.807, 2.05) is 6.07 Å². The summed E-state index contributed by atoms with van der Waals surface area (Å²) in [6.07, 6.45) is 11.6. The Morgan fingerprint density at radius 3 is 2.64 bits per heavy atom. The molecule has 2 heterocycles. The Morgan fingerprint density at radius 2 is 1.94 bits per heavy atom. The first-order valence-electron chi connectivity index (χ1n) is 12.9. The molecule has 1 spiro atoms. The molecule has 0 radical (unpaired) electrons. The van der Waals surface area contributed by atoms with Crippen molar-refractivity contribution in [3.05, 3.63) is 57.9 Å². The Labute approximate surface area is 217 Å². The van der Waals surface area contributed by atoms with Crippen LogP contribution in [0.15, 0.2) is 35.9 Å². The Bertz CT molecular complexity index is 1160. The summed E-state index contributed by atoms with van der Waals surface area (Å²) in [6, 6.07) is 10.9. The monoisotopic (exact) mass is 505 g/mol. The Morgan fingerprint density at radius 1 is 1.14 bits per heavy atom. The van der Waals surface area contributed by atoms with E-state index in [1.54, 1.807) is 24.3 Å².